The Hall–Kier alpha value is -3.25. The minimum atomic E-state index is -0.499. The number of nitrogens with zero attached hydrogens (tertiary/aromatic N) is 4. The Balaban J connectivity index is 1.52. The highest BCUT2D eigenvalue weighted by molar-refractivity contribution is 5.90. The van der Waals surface area contributed by atoms with Crippen LogP contribution in [0.15, 0.2) is 28.8 Å². The summed E-state index contributed by atoms with van der Waals surface area (Å²) < 4.78 is 5.03. The van der Waals surface area contributed by atoms with Crippen molar-refractivity contribution < 1.29 is 14.2 Å². The SMILES string of the molecule is O=C(NCC#CCN1CCCC1)c1noc(-c2ccc([N+](=O)[O-])cc2)n1. The maximum Gasteiger partial charge on any atom is 0.293 e. The second-order valence-electron chi connectivity index (χ2n) is 5.75. The summed E-state index contributed by atoms with van der Waals surface area (Å²) in [5, 5.41) is 16.9. The smallest absolute Gasteiger partial charge is 0.293 e. The lowest BCUT2D eigenvalue weighted by atomic mass is 10.2. The number of rotatable bonds is 5. The van der Waals surface area contributed by atoms with Crippen molar-refractivity contribution in [3.8, 4) is 23.3 Å². The Morgan fingerprint density at radius 1 is 1.27 bits per heavy atom. The van der Waals surface area contributed by atoms with Crippen molar-refractivity contribution >= 4 is 11.6 Å². The lowest BCUT2D eigenvalue weighted by molar-refractivity contribution is -0.384. The highest BCUT2D eigenvalue weighted by atomic mass is 16.6. The number of nitrogens with one attached hydrogen (secondary N) is 1. The summed E-state index contributed by atoms with van der Waals surface area (Å²) >= 11 is 0. The molecular weight excluding hydrogens is 338 g/mol. The van der Waals surface area contributed by atoms with Crippen LogP contribution in [0.2, 0.25) is 0 Å². The number of amides is 1. The predicted molar refractivity (Wildman–Crippen MR) is 92.2 cm³/mol. The van der Waals surface area contributed by atoms with Crippen molar-refractivity contribution in [2.45, 2.75) is 12.8 Å². The van der Waals surface area contributed by atoms with Crippen molar-refractivity contribution in [2.24, 2.45) is 0 Å². The van der Waals surface area contributed by atoms with Gasteiger partial charge in [0.1, 0.15) is 0 Å². The molecule has 0 spiro atoms. The maximum absolute atomic E-state index is 12.0. The van der Waals surface area contributed by atoms with Gasteiger partial charge >= 0.3 is 0 Å². The van der Waals surface area contributed by atoms with Crippen LogP contribution in [0.25, 0.3) is 11.5 Å². The van der Waals surface area contributed by atoms with Gasteiger partial charge in [-0.2, -0.15) is 4.98 Å². The molecule has 1 aromatic carbocycles. The zero-order valence-corrected chi connectivity index (χ0v) is 14.0. The molecule has 2 heterocycles. The number of nitro benzene ring substituents is 1. The minimum Gasteiger partial charge on any atom is -0.338 e. The maximum atomic E-state index is 12.0. The number of hydrogen-bond acceptors (Lipinski definition) is 7. The summed E-state index contributed by atoms with van der Waals surface area (Å²) in [6, 6.07) is 5.62. The van der Waals surface area contributed by atoms with E-state index in [-0.39, 0.29) is 23.9 Å². The Morgan fingerprint density at radius 3 is 2.69 bits per heavy atom. The molecule has 0 radical (unpaired) electrons. The predicted octanol–water partition coefficient (Wildman–Crippen LogP) is 1.47. The fourth-order valence-electron chi connectivity index (χ4n) is 2.53. The molecule has 3 rings (SSSR count). The highest BCUT2D eigenvalue weighted by Gasteiger charge is 2.16. The summed E-state index contributed by atoms with van der Waals surface area (Å²) in [7, 11) is 0. The van der Waals surface area contributed by atoms with Gasteiger partial charge in [-0.15, -0.1) is 0 Å². The third-order valence-corrected chi connectivity index (χ3v) is 3.92. The zero-order chi connectivity index (χ0) is 18.4. The normalized spacial score (nSPS) is 13.8. The van der Waals surface area contributed by atoms with E-state index >= 15 is 0 Å². The van der Waals surface area contributed by atoms with Gasteiger partial charge in [0.05, 0.1) is 18.0 Å². The number of carbonyl (C=O) groups excluding carboxylic acids is 1. The number of hydrogen-bond donors (Lipinski definition) is 1. The third-order valence-electron chi connectivity index (χ3n) is 3.92. The van der Waals surface area contributed by atoms with Crippen LogP contribution in [0.4, 0.5) is 5.69 Å². The molecule has 26 heavy (non-hydrogen) atoms. The van der Waals surface area contributed by atoms with E-state index in [2.05, 4.69) is 32.2 Å². The standard InChI is InChI=1S/C17H17N5O4/c23-16(18-9-1-2-10-21-11-3-4-12-21)15-19-17(26-20-15)13-5-7-14(8-6-13)22(24)25/h5-8H,3-4,9-12H2,(H,18,23). The van der Waals surface area contributed by atoms with Crippen LogP contribution in [0.5, 0.6) is 0 Å². The van der Waals surface area contributed by atoms with Crippen molar-refractivity contribution in [3.05, 3.63) is 40.2 Å². The summed E-state index contributed by atoms with van der Waals surface area (Å²) in [5.41, 5.74) is 0.450. The number of likely N-dealkylation sites (tertiary alicyclic amines) is 1. The van der Waals surface area contributed by atoms with Gasteiger partial charge in [0, 0.05) is 17.7 Å². The van der Waals surface area contributed by atoms with E-state index in [0.29, 0.717) is 12.1 Å². The van der Waals surface area contributed by atoms with Gasteiger partial charge in [-0.05, 0) is 38.1 Å². The number of benzene rings is 1. The molecule has 0 unspecified atom stereocenters. The second-order valence-corrected chi connectivity index (χ2v) is 5.75. The molecule has 0 aliphatic carbocycles. The van der Waals surface area contributed by atoms with Crippen molar-refractivity contribution in [2.75, 3.05) is 26.2 Å². The molecule has 1 saturated heterocycles. The fourth-order valence-corrected chi connectivity index (χ4v) is 2.53. The average molecular weight is 355 g/mol. The fraction of sp³-hybridized carbons (Fsp3) is 0.353. The Bertz CT molecular complexity index is 844. The molecule has 1 N–H and O–H groups in total. The van der Waals surface area contributed by atoms with Gasteiger partial charge in [-0.1, -0.05) is 17.0 Å². The number of non-ortho nitro benzene ring substituents is 1. The van der Waals surface area contributed by atoms with Gasteiger partial charge in [0.15, 0.2) is 0 Å². The average Bonchev–Trinajstić information content (AvgIpc) is 3.33. The molecule has 2 aromatic rings. The first-order valence-corrected chi connectivity index (χ1v) is 8.18. The van der Waals surface area contributed by atoms with Crippen molar-refractivity contribution in [3.63, 3.8) is 0 Å². The zero-order valence-electron chi connectivity index (χ0n) is 14.0. The molecule has 9 heteroatoms. The molecule has 0 bridgehead atoms. The van der Waals surface area contributed by atoms with Crippen molar-refractivity contribution in [1.29, 1.82) is 0 Å². The summed E-state index contributed by atoms with van der Waals surface area (Å²) in [5.74, 6) is 5.43. The second kappa shape index (κ2) is 8.22. The summed E-state index contributed by atoms with van der Waals surface area (Å²) in [6.07, 6.45) is 2.43. The molecular formula is C17H17N5O4. The van der Waals surface area contributed by atoms with Gasteiger partial charge in [-0.3, -0.25) is 19.8 Å². The number of aromatic nitrogens is 2. The van der Waals surface area contributed by atoms with E-state index in [9.17, 15) is 14.9 Å². The lowest BCUT2D eigenvalue weighted by Gasteiger charge is -2.08. The van der Waals surface area contributed by atoms with E-state index in [1.807, 2.05) is 0 Å². The molecule has 1 amide bonds. The van der Waals surface area contributed by atoms with E-state index in [1.165, 1.54) is 37.1 Å². The van der Waals surface area contributed by atoms with Gasteiger partial charge in [0.25, 0.3) is 23.3 Å². The molecule has 134 valence electrons. The van der Waals surface area contributed by atoms with Crippen LogP contribution in [-0.2, 0) is 0 Å². The minimum absolute atomic E-state index is 0.0428. The Kier molecular flexibility index (Phi) is 5.56. The monoisotopic (exact) mass is 355 g/mol. The highest BCUT2D eigenvalue weighted by Crippen LogP contribution is 2.20. The van der Waals surface area contributed by atoms with Crippen LogP contribution in [0, 0.1) is 22.0 Å². The van der Waals surface area contributed by atoms with E-state index in [1.54, 1.807) is 0 Å². The van der Waals surface area contributed by atoms with Crippen LogP contribution in [0.1, 0.15) is 23.5 Å². The number of carbonyl (C=O) groups is 1. The molecule has 1 aliphatic rings. The molecule has 9 nitrogen and oxygen atoms in total. The number of nitro groups is 1. The molecule has 1 aliphatic heterocycles. The van der Waals surface area contributed by atoms with Crippen molar-refractivity contribution in [1.82, 2.24) is 20.4 Å². The van der Waals surface area contributed by atoms with Crippen LogP contribution < -0.4 is 5.32 Å². The summed E-state index contributed by atoms with van der Waals surface area (Å²) in [4.78, 5) is 28.4. The van der Waals surface area contributed by atoms with Gasteiger partial charge in [-0.25, -0.2) is 0 Å². The Morgan fingerprint density at radius 2 is 2.00 bits per heavy atom. The van der Waals surface area contributed by atoms with E-state index in [4.69, 9.17) is 4.52 Å². The topological polar surface area (TPSA) is 114 Å². The van der Waals surface area contributed by atoms with Crippen LogP contribution in [-0.4, -0.2) is 52.1 Å². The summed E-state index contributed by atoms with van der Waals surface area (Å²) in [6.45, 7) is 3.07. The van der Waals surface area contributed by atoms with Gasteiger partial charge < -0.3 is 9.84 Å². The lowest BCUT2D eigenvalue weighted by Crippen LogP contribution is -2.25. The van der Waals surface area contributed by atoms with Gasteiger partial charge in [0.2, 0.25) is 0 Å². The first-order valence-electron chi connectivity index (χ1n) is 8.18. The third kappa shape index (κ3) is 4.43. The van der Waals surface area contributed by atoms with E-state index in [0.717, 1.165) is 13.1 Å². The Labute approximate surface area is 149 Å². The molecule has 1 fully saturated rings. The molecule has 0 saturated carbocycles. The first-order chi connectivity index (χ1) is 12.6. The quantitative estimate of drug-likeness (QED) is 0.491. The molecule has 1 aromatic heterocycles. The van der Waals surface area contributed by atoms with Crippen LogP contribution in [0.3, 0.4) is 0 Å². The van der Waals surface area contributed by atoms with E-state index < -0.39 is 10.8 Å². The largest absolute Gasteiger partial charge is 0.338 e. The first kappa shape index (κ1) is 17.6. The molecule has 0 atom stereocenters. The van der Waals surface area contributed by atoms with Crippen LogP contribution >= 0.6 is 0 Å².